The highest BCUT2D eigenvalue weighted by Gasteiger charge is 2.48. The molecule has 2 aliphatic rings. The number of aryl methyl sites for hydroxylation is 1. The predicted molar refractivity (Wildman–Crippen MR) is 134 cm³/mol. The lowest BCUT2D eigenvalue weighted by molar-refractivity contribution is -0.143. The predicted octanol–water partition coefficient (Wildman–Crippen LogP) is 3.24. The summed E-state index contributed by atoms with van der Waals surface area (Å²) in [6, 6.07) is 5.59. The monoisotopic (exact) mass is 520 g/mol. The maximum atomic E-state index is 13.0. The molecule has 9 nitrogen and oxygen atoms in total. The van der Waals surface area contributed by atoms with E-state index in [-0.39, 0.29) is 36.1 Å². The number of nitrogens with one attached hydrogen (secondary N) is 2. The van der Waals surface area contributed by atoms with Gasteiger partial charge in [-0.05, 0) is 81.8 Å². The molecule has 0 aromatic heterocycles. The smallest absolute Gasteiger partial charge is 0.326 e. The molecule has 10 heteroatoms. The van der Waals surface area contributed by atoms with Crippen molar-refractivity contribution < 1.29 is 33.0 Å². The molecule has 0 radical (unpaired) electrons. The fraction of sp³-hybridized carbons (Fsp3) is 0.577. The minimum absolute atomic E-state index is 0.0794. The first kappa shape index (κ1) is 27.9. The van der Waals surface area contributed by atoms with Gasteiger partial charge in [0.2, 0.25) is 15.9 Å². The average Bonchev–Trinajstić information content (AvgIpc) is 3.41. The fourth-order valence-electron chi connectivity index (χ4n) is 5.44. The lowest BCUT2D eigenvalue weighted by Gasteiger charge is -2.31. The van der Waals surface area contributed by atoms with Crippen molar-refractivity contribution >= 4 is 27.9 Å². The van der Waals surface area contributed by atoms with Crippen LogP contribution in [0.25, 0.3) is 0 Å². The lowest BCUT2D eigenvalue weighted by Crippen LogP contribution is -2.43. The van der Waals surface area contributed by atoms with Crippen LogP contribution >= 0.6 is 0 Å². The average molecular weight is 521 g/mol. The van der Waals surface area contributed by atoms with Crippen LogP contribution in [0.2, 0.25) is 0 Å². The molecule has 2 aliphatic carbocycles. The standard InChI is InChI=1S/C26H36N2O7S/c1-17-8-12-20(13-9-17)36(34,35)28-25-19-11-10-18(16-19)21(25)6-4-2-3-5-7-23(29)27-22(26(32)33)14-15-24(30)31/h2,4,8-9,12-13,18-19,21-22,25,28H,3,5-7,10-11,14-16H2,1H3,(H,27,29)(H,30,31)(H,32,33)/b4-2-. The third kappa shape index (κ3) is 7.64. The van der Waals surface area contributed by atoms with E-state index in [4.69, 9.17) is 10.2 Å². The zero-order valence-corrected chi connectivity index (χ0v) is 21.4. The summed E-state index contributed by atoms with van der Waals surface area (Å²) in [4.78, 5) is 34.1. The van der Waals surface area contributed by atoms with Gasteiger partial charge in [0.15, 0.2) is 0 Å². The van der Waals surface area contributed by atoms with Gasteiger partial charge in [0, 0.05) is 18.9 Å². The van der Waals surface area contributed by atoms with Crippen molar-refractivity contribution in [1.82, 2.24) is 10.0 Å². The minimum atomic E-state index is -3.58. The number of amides is 1. The number of carbonyl (C=O) groups excluding carboxylic acids is 1. The number of fused-ring (bicyclic) bond motifs is 2. The first-order valence-corrected chi connectivity index (χ1v) is 14.0. The van der Waals surface area contributed by atoms with E-state index in [1.54, 1.807) is 24.3 Å². The number of carbonyl (C=O) groups is 3. The maximum Gasteiger partial charge on any atom is 0.326 e. The van der Waals surface area contributed by atoms with Crippen LogP contribution < -0.4 is 10.0 Å². The van der Waals surface area contributed by atoms with E-state index < -0.39 is 33.9 Å². The van der Waals surface area contributed by atoms with Gasteiger partial charge in [-0.3, -0.25) is 9.59 Å². The minimum Gasteiger partial charge on any atom is -0.481 e. The number of aliphatic carboxylic acids is 2. The van der Waals surface area contributed by atoms with Crippen LogP contribution in [-0.2, 0) is 24.4 Å². The number of benzene rings is 1. The molecule has 5 atom stereocenters. The number of carboxylic acid groups (broad SMARTS) is 2. The van der Waals surface area contributed by atoms with Crippen molar-refractivity contribution in [2.45, 2.75) is 81.7 Å². The first-order valence-electron chi connectivity index (χ1n) is 12.5. The van der Waals surface area contributed by atoms with Crippen molar-refractivity contribution in [3.05, 3.63) is 42.0 Å². The summed E-state index contributed by atoms with van der Waals surface area (Å²) in [5.41, 5.74) is 1.01. The largest absolute Gasteiger partial charge is 0.481 e. The van der Waals surface area contributed by atoms with Crippen molar-refractivity contribution in [3.8, 4) is 0 Å². The Hall–Kier alpha value is -2.72. The zero-order chi connectivity index (χ0) is 26.3. The van der Waals surface area contributed by atoms with E-state index in [9.17, 15) is 22.8 Å². The lowest BCUT2D eigenvalue weighted by atomic mass is 9.83. The molecular formula is C26H36N2O7S. The summed E-state index contributed by atoms with van der Waals surface area (Å²) in [5.74, 6) is -1.66. The van der Waals surface area contributed by atoms with E-state index in [2.05, 4.69) is 16.1 Å². The van der Waals surface area contributed by atoms with Gasteiger partial charge in [0.05, 0.1) is 4.90 Å². The molecule has 0 aliphatic heterocycles. The fourth-order valence-corrected chi connectivity index (χ4v) is 6.80. The topological polar surface area (TPSA) is 150 Å². The molecule has 2 bridgehead atoms. The third-order valence-corrected chi connectivity index (χ3v) is 8.82. The van der Waals surface area contributed by atoms with Gasteiger partial charge < -0.3 is 15.5 Å². The number of unbranched alkanes of at least 4 members (excludes halogenated alkanes) is 1. The number of carboxylic acids is 2. The molecule has 1 amide bonds. The summed E-state index contributed by atoms with van der Waals surface area (Å²) >= 11 is 0. The SMILES string of the molecule is Cc1ccc(S(=O)(=O)NC2C3CCC(C3)C2C/C=C\CCCC(=O)NC(CCC(=O)O)C(=O)O)cc1. The summed E-state index contributed by atoms with van der Waals surface area (Å²) in [6.07, 6.45) is 8.87. The van der Waals surface area contributed by atoms with Gasteiger partial charge in [-0.15, -0.1) is 0 Å². The molecule has 5 unspecified atom stereocenters. The Balaban J connectivity index is 1.45. The van der Waals surface area contributed by atoms with Crippen molar-refractivity contribution in [1.29, 1.82) is 0 Å². The number of rotatable bonds is 14. The van der Waals surface area contributed by atoms with E-state index in [0.717, 1.165) is 31.2 Å². The zero-order valence-electron chi connectivity index (χ0n) is 20.6. The molecule has 198 valence electrons. The van der Waals surface area contributed by atoms with Crippen molar-refractivity contribution in [3.63, 3.8) is 0 Å². The Labute approximate surface area is 212 Å². The van der Waals surface area contributed by atoms with E-state index in [1.165, 1.54) is 0 Å². The van der Waals surface area contributed by atoms with Gasteiger partial charge in [-0.1, -0.05) is 29.8 Å². The van der Waals surface area contributed by atoms with Crippen molar-refractivity contribution in [2.75, 3.05) is 0 Å². The number of sulfonamides is 1. The second-order valence-electron chi connectivity index (χ2n) is 9.95. The number of hydrogen-bond acceptors (Lipinski definition) is 5. The molecule has 2 fully saturated rings. The summed E-state index contributed by atoms with van der Waals surface area (Å²) in [7, 11) is -3.58. The molecule has 0 saturated heterocycles. The van der Waals surface area contributed by atoms with Crippen LogP contribution in [-0.4, -0.2) is 48.6 Å². The van der Waals surface area contributed by atoms with Crippen LogP contribution in [0.5, 0.6) is 0 Å². The van der Waals surface area contributed by atoms with Crippen LogP contribution in [0.15, 0.2) is 41.3 Å². The molecule has 1 aromatic rings. The molecule has 3 rings (SSSR count). The van der Waals surface area contributed by atoms with E-state index in [0.29, 0.717) is 24.7 Å². The molecule has 1 aromatic carbocycles. The van der Waals surface area contributed by atoms with Gasteiger partial charge in [0.1, 0.15) is 6.04 Å². The number of hydrogen-bond donors (Lipinski definition) is 4. The Kier molecular flexibility index (Phi) is 9.67. The maximum absolute atomic E-state index is 13.0. The first-order chi connectivity index (χ1) is 17.1. The quantitative estimate of drug-likeness (QED) is 0.217. The Morgan fingerprint density at radius 2 is 1.75 bits per heavy atom. The normalized spacial score (nSPS) is 24.1. The van der Waals surface area contributed by atoms with Crippen LogP contribution in [0.1, 0.15) is 63.4 Å². The second kappa shape index (κ2) is 12.5. The summed E-state index contributed by atoms with van der Waals surface area (Å²) in [6.45, 7) is 1.92. The number of allylic oxidation sites excluding steroid dienone is 2. The molecular weight excluding hydrogens is 484 g/mol. The van der Waals surface area contributed by atoms with Gasteiger partial charge in [0.25, 0.3) is 0 Å². The highest BCUT2D eigenvalue weighted by Crippen LogP contribution is 2.50. The molecule has 36 heavy (non-hydrogen) atoms. The van der Waals surface area contributed by atoms with Crippen molar-refractivity contribution in [2.24, 2.45) is 17.8 Å². The van der Waals surface area contributed by atoms with Gasteiger partial charge in [-0.25, -0.2) is 17.9 Å². The Bertz CT molecular complexity index is 1070. The summed E-state index contributed by atoms with van der Waals surface area (Å²) < 4.78 is 28.9. The van der Waals surface area contributed by atoms with Gasteiger partial charge >= 0.3 is 11.9 Å². The van der Waals surface area contributed by atoms with Crippen LogP contribution in [0, 0.1) is 24.7 Å². The molecule has 0 spiro atoms. The molecule has 4 N–H and O–H groups in total. The Morgan fingerprint density at radius 1 is 1.06 bits per heavy atom. The highest BCUT2D eigenvalue weighted by molar-refractivity contribution is 7.89. The van der Waals surface area contributed by atoms with E-state index in [1.807, 2.05) is 13.0 Å². The summed E-state index contributed by atoms with van der Waals surface area (Å²) in [5, 5.41) is 20.2. The third-order valence-electron chi connectivity index (χ3n) is 7.34. The molecule has 2 saturated carbocycles. The van der Waals surface area contributed by atoms with E-state index >= 15 is 0 Å². The Morgan fingerprint density at radius 3 is 2.42 bits per heavy atom. The van der Waals surface area contributed by atoms with Crippen LogP contribution in [0.4, 0.5) is 0 Å². The van der Waals surface area contributed by atoms with Crippen LogP contribution in [0.3, 0.4) is 0 Å². The highest BCUT2D eigenvalue weighted by atomic mass is 32.2. The molecule has 0 heterocycles. The van der Waals surface area contributed by atoms with Gasteiger partial charge in [-0.2, -0.15) is 0 Å². The second-order valence-corrected chi connectivity index (χ2v) is 11.7.